The van der Waals surface area contributed by atoms with Crippen molar-refractivity contribution in [2.45, 2.75) is 12.8 Å². The number of carbonyl (C=O) groups excluding carboxylic acids is 1. The van der Waals surface area contributed by atoms with E-state index in [0.717, 1.165) is 11.5 Å². The number of amides is 1. The summed E-state index contributed by atoms with van der Waals surface area (Å²) in [6, 6.07) is 0. The van der Waals surface area contributed by atoms with Crippen LogP contribution in [0.25, 0.3) is 0 Å². The summed E-state index contributed by atoms with van der Waals surface area (Å²) in [5, 5.41) is 11.9. The molecule has 0 aliphatic heterocycles. The van der Waals surface area contributed by atoms with Crippen molar-refractivity contribution in [3.63, 3.8) is 0 Å². The SMILES string of the molecule is C=CCSCCNC(=O)C1CC=CCC1C(=O)O. The second-order valence-corrected chi connectivity index (χ2v) is 5.30. The van der Waals surface area contributed by atoms with Crippen LogP contribution in [0.3, 0.4) is 0 Å². The smallest absolute Gasteiger partial charge is 0.307 e. The highest BCUT2D eigenvalue weighted by Gasteiger charge is 2.33. The van der Waals surface area contributed by atoms with Crippen LogP contribution < -0.4 is 5.32 Å². The van der Waals surface area contributed by atoms with Gasteiger partial charge in [-0.2, -0.15) is 11.8 Å². The molecule has 0 fully saturated rings. The molecule has 0 aromatic carbocycles. The van der Waals surface area contributed by atoms with Gasteiger partial charge < -0.3 is 10.4 Å². The molecule has 2 unspecified atom stereocenters. The fraction of sp³-hybridized carbons (Fsp3) is 0.538. The monoisotopic (exact) mass is 269 g/mol. The van der Waals surface area contributed by atoms with E-state index in [2.05, 4.69) is 11.9 Å². The zero-order chi connectivity index (χ0) is 13.4. The second kappa shape index (κ2) is 7.97. The van der Waals surface area contributed by atoms with Gasteiger partial charge in [0.1, 0.15) is 0 Å². The highest BCUT2D eigenvalue weighted by molar-refractivity contribution is 7.99. The Bertz CT molecular complexity index is 341. The molecule has 0 saturated heterocycles. The minimum Gasteiger partial charge on any atom is -0.481 e. The molecule has 2 atom stereocenters. The van der Waals surface area contributed by atoms with E-state index in [9.17, 15) is 9.59 Å². The van der Waals surface area contributed by atoms with E-state index in [0.29, 0.717) is 19.4 Å². The fourth-order valence-electron chi connectivity index (χ4n) is 1.92. The Balaban J connectivity index is 2.37. The van der Waals surface area contributed by atoms with Crippen molar-refractivity contribution in [1.82, 2.24) is 5.32 Å². The number of rotatable bonds is 7. The maximum absolute atomic E-state index is 11.9. The molecule has 0 bridgehead atoms. The lowest BCUT2D eigenvalue weighted by Crippen LogP contribution is -2.39. The van der Waals surface area contributed by atoms with Gasteiger partial charge in [0.2, 0.25) is 5.91 Å². The van der Waals surface area contributed by atoms with Crippen LogP contribution >= 0.6 is 11.8 Å². The van der Waals surface area contributed by atoms with E-state index in [-0.39, 0.29) is 5.91 Å². The summed E-state index contributed by atoms with van der Waals surface area (Å²) >= 11 is 1.69. The van der Waals surface area contributed by atoms with Gasteiger partial charge in [-0.3, -0.25) is 9.59 Å². The first-order valence-electron chi connectivity index (χ1n) is 6.01. The number of hydrogen-bond donors (Lipinski definition) is 2. The van der Waals surface area contributed by atoms with Gasteiger partial charge >= 0.3 is 5.97 Å². The third-order valence-electron chi connectivity index (χ3n) is 2.87. The van der Waals surface area contributed by atoms with Crippen LogP contribution in [0.15, 0.2) is 24.8 Å². The largest absolute Gasteiger partial charge is 0.481 e. The number of thioether (sulfide) groups is 1. The van der Waals surface area contributed by atoms with Crippen molar-refractivity contribution in [3.8, 4) is 0 Å². The molecule has 5 heteroatoms. The van der Waals surface area contributed by atoms with Crippen molar-refractivity contribution in [1.29, 1.82) is 0 Å². The lowest BCUT2D eigenvalue weighted by molar-refractivity contribution is -0.147. The number of allylic oxidation sites excluding steroid dienone is 2. The quantitative estimate of drug-likeness (QED) is 0.545. The van der Waals surface area contributed by atoms with Gasteiger partial charge in [-0.15, -0.1) is 6.58 Å². The first kappa shape index (κ1) is 14.8. The number of carboxylic acid groups (broad SMARTS) is 1. The van der Waals surface area contributed by atoms with Gasteiger partial charge in [0.25, 0.3) is 0 Å². The predicted molar refractivity (Wildman–Crippen MR) is 73.5 cm³/mol. The lowest BCUT2D eigenvalue weighted by Gasteiger charge is -2.24. The maximum atomic E-state index is 11.9. The molecule has 1 aliphatic carbocycles. The number of carbonyl (C=O) groups is 2. The molecular formula is C13H19NO3S. The van der Waals surface area contributed by atoms with E-state index in [1.807, 2.05) is 18.2 Å². The van der Waals surface area contributed by atoms with Gasteiger partial charge in [0, 0.05) is 18.1 Å². The molecular weight excluding hydrogens is 250 g/mol. The Morgan fingerprint density at radius 3 is 2.67 bits per heavy atom. The Labute approximate surface area is 112 Å². The molecule has 4 nitrogen and oxygen atoms in total. The van der Waals surface area contributed by atoms with Crippen molar-refractivity contribution < 1.29 is 14.7 Å². The molecule has 1 rings (SSSR count). The van der Waals surface area contributed by atoms with E-state index in [1.165, 1.54) is 0 Å². The minimum atomic E-state index is -0.888. The van der Waals surface area contributed by atoms with Crippen molar-refractivity contribution in [2.75, 3.05) is 18.1 Å². The van der Waals surface area contributed by atoms with Crippen LogP contribution in [0.2, 0.25) is 0 Å². The third-order valence-corrected chi connectivity index (χ3v) is 3.83. The molecule has 0 aromatic rings. The van der Waals surface area contributed by atoms with Crippen molar-refractivity contribution >= 4 is 23.6 Å². The number of nitrogens with one attached hydrogen (secondary N) is 1. The molecule has 100 valence electrons. The zero-order valence-electron chi connectivity index (χ0n) is 10.3. The minimum absolute atomic E-state index is 0.147. The number of hydrogen-bond acceptors (Lipinski definition) is 3. The molecule has 0 radical (unpaired) electrons. The summed E-state index contributed by atoms with van der Waals surface area (Å²) in [5.41, 5.74) is 0. The van der Waals surface area contributed by atoms with Crippen LogP contribution in [0.1, 0.15) is 12.8 Å². The molecule has 0 aromatic heterocycles. The van der Waals surface area contributed by atoms with E-state index in [1.54, 1.807) is 11.8 Å². The highest BCUT2D eigenvalue weighted by Crippen LogP contribution is 2.25. The summed E-state index contributed by atoms with van der Waals surface area (Å²) in [4.78, 5) is 23.0. The first-order chi connectivity index (χ1) is 8.66. The van der Waals surface area contributed by atoms with Crippen molar-refractivity contribution in [2.24, 2.45) is 11.8 Å². The van der Waals surface area contributed by atoms with E-state index in [4.69, 9.17) is 5.11 Å². The topological polar surface area (TPSA) is 66.4 Å². The van der Waals surface area contributed by atoms with Crippen LogP contribution in [0.4, 0.5) is 0 Å². The molecule has 0 heterocycles. The second-order valence-electron chi connectivity index (χ2n) is 4.15. The predicted octanol–water partition coefficient (Wildman–Crippen LogP) is 1.69. The first-order valence-corrected chi connectivity index (χ1v) is 7.16. The van der Waals surface area contributed by atoms with Crippen LogP contribution in [0.5, 0.6) is 0 Å². The van der Waals surface area contributed by atoms with Gasteiger partial charge in [-0.05, 0) is 12.8 Å². The summed E-state index contributed by atoms with van der Waals surface area (Å²) in [5.74, 6) is -0.378. The summed E-state index contributed by atoms with van der Waals surface area (Å²) in [7, 11) is 0. The van der Waals surface area contributed by atoms with Gasteiger partial charge in [0.15, 0.2) is 0 Å². The van der Waals surface area contributed by atoms with Crippen LogP contribution in [-0.2, 0) is 9.59 Å². The Hall–Kier alpha value is -1.23. The van der Waals surface area contributed by atoms with E-state index < -0.39 is 17.8 Å². The van der Waals surface area contributed by atoms with E-state index >= 15 is 0 Å². The highest BCUT2D eigenvalue weighted by atomic mass is 32.2. The van der Waals surface area contributed by atoms with Crippen LogP contribution in [0, 0.1) is 11.8 Å². The Morgan fingerprint density at radius 2 is 2.06 bits per heavy atom. The molecule has 2 N–H and O–H groups in total. The summed E-state index contributed by atoms with van der Waals surface area (Å²) in [6.07, 6.45) is 6.50. The average molecular weight is 269 g/mol. The normalized spacial score (nSPS) is 22.4. The average Bonchev–Trinajstić information content (AvgIpc) is 2.38. The van der Waals surface area contributed by atoms with Gasteiger partial charge in [0.05, 0.1) is 11.8 Å². The molecule has 1 aliphatic rings. The molecule has 0 spiro atoms. The zero-order valence-corrected chi connectivity index (χ0v) is 11.1. The standard InChI is InChI=1S/C13H19NO3S/c1-2-8-18-9-7-14-12(15)10-5-3-4-6-11(10)13(16)17/h2-4,10-11H,1,5-9H2,(H,14,15)(H,16,17). The Kier molecular flexibility index (Phi) is 6.57. The summed E-state index contributed by atoms with van der Waals surface area (Å²) in [6.45, 7) is 4.19. The van der Waals surface area contributed by atoms with Crippen LogP contribution in [-0.4, -0.2) is 35.0 Å². The number of carboxylic acids is 1. The molecule has 1 amide bonds. The lowest BCUT2D eigenvalue weighted by atomic mass is 9.82. The Morgan fingerprint density at radius 1 is 1.39 bits per heavy atom. The number of aliphatic carboxylic acids is 1. The van der Waals surface area contributed by atoms with Gasteiger partial charge in [-0.1, -0.05) is 18.2 Å². The van der Waals surface area contributed by atoms with Gasteiger partial charge in [-0.25, -0.2) is 0 Å². The molecule has 18 heavy (non-hydrogen) atoms. The maximum Gasteiger partial charge on any atom is 0.307 e. The fourth-order valence-corrected chi connectivity index (χ4v) is 2.50. The van der Waals surface area contributed by atoms with Crippen molar-refractivity contribution in [3.05, 3.63) is 24.8 Å². The molecule has 0 saturated carbocycles. The third kappa shape index (κ3) is 4.56. The summed E-state index contributed by atoms with van der Waals surface area (Å²) < 4.78 is 0.